The molecule has 0 saturated carbocycles. The number of benzene rings is 1. The van der Waals surface area contributed by atoms with Crippen LogP contribution in [0.5, 0.6) is 0 Å². The highest BCUT2D eigenvalue weighted by Gasteiger charge is 2.08. The van der Waals surface area contributed by atoms with E-state index >= 15 is 0 Å². The van der Waals surface area contributed by atoms with Gasteiger partial charge in [0.05, 0.1) is 5.56 Å². The van der Waals surface area contributed by atoms with Crippen LogP contribution < -0.4 is 10.6 Å². The van der Waals surface area contributed by atoms with Gasteiger partial charge < -0.3 is 10.6 Å². The summed E-state index contributed by atoms with van der Waals surface area (Å²) < 4.78 is 0.845. The normalized spacial score (nSPS) is 16.2. The summed E-state index contributed by atoms with van der Waals surface area (Å²) in [5.41, 5.74) is 1.72. The van der Waals surface area contributed by atoms with Crippen molar-refractivity contribution in [2.45, 2.75) is 0 Å². The average Bonchev–Trinajstić information content (AvgIpc) is 2.40. The lowest BCUT2D eigenvalue weighted by atomic mass is 10.2. The second-order valence-electron chi connectivity index (χ2n) is 4.32. The molecule has 0 unspecified atom stereocenters. The Kier molecular flexibility index (Phi) is 5.00. The summed E-state index contributed by atoms with van der Waals surface area (Å²) in [7, 11) is 0. The summed E-state index contributed by atoms with van der Waals surface area (Å²) in [4.78, 5) is 2.45. The molecule has 1 aliphatic heterocycles. The minimum atomic E-state index is 0.669. The Hall–Kier alpha value is -1.09. The standard InChI is InChI=1S/C13H17BrN4/c14-13-9-12(2-1-11(13)10-15)17-5-8-18-6-3-16-4-7-18/h1-2,9,16-17H,3-8H2. The topological polar surface area (TPSA) is 51.1 Å². The van der Waals surface area contributed by atoms with E-state index in [1.807, 2.05) is 18.2 Å². The van der Waals surface area contributed by atoms with Gasteiger partial charge in [-0.3, -0.25) is 4.90 Å². The molecule has 96 valence electrons. The van der Waals surface area contributed by atoms with Crippen LogP contribution in [0.2, 0.25) is 0 Å². The number of hydrogen-bond acceptors (Lipinski definition) is 4. The van der Waals surface area contributed by atoms with Gasteiger partial charge in [0, 0.05) is 49.4 Å². The molecule has 0 spiro atoms. The van der Waals surface area contributed by atoms with Crippen molar-refractivity contribution < 1.29 is 0 Å². The third kappa shape index (κ3) is 3.70. The Bertz CT molecular complexity index is 435. The second-order valence-corrected chi connectivity index (χ2v) is 5.18. The summed E-state index contributed by atoms with van der Waals surface area (Å²) in [5, 5.41) is 15.6. The van der Waals surface area contributed by atoms with E-state index in [1.165, 1.54) is 0 Å². The monoisotopic (exact) mass is 308 g/mol. The van der Waals surface area contributed by atoms with Crippen molar-refractivity contribution in [1.82, 2.24) is 10.2 Å². The van der Waals surface area contributed by atoms with E-state index in [9.17, 15) is 0 Å². The van der Waals surface area contributed by atoms with Crippen LogP contribution in [0.15, 0.2) is 22.7 Å². The van der Waals surface area contributed by atoms with Gasteiger partial charge in [-0.2, -0.15) is 5.26 Å². The van der Waals surface area contributed by atoms with Gasteiger partial charge >= 0.3 is 0 Å². The van der Waals surface area contributed by atoms with Crippen molar-refractivity contribution in [3.63, 3.8) is 0 Å². The van der Waals surface area contributed by atoms with E-state index in [4.69, 9.17) is 5.26 Å². The zero-order chi connectivity index (χ0) is 12.8. The summed E-state index contributed by atoms with van der Waals surface area (Å²) in [6, 6.07) is 7.87. The molecular weight excluding hydrogens is 292 g/mol. The molecule has 1 aromatic carbocycles. The van der Waals surface area contributed by atoms with Crippen LogP contribution in [-0.2, 0) is 0 Å². The number of nitrogens with zero attached hydrogens (tertiary/aromatic N) is 2. The lowest BCUT2D eigenvalue weighted by Crippen LogP contribution is -2.45. The molecule has 1 heterocycles. The average molecular weight is 309 g/mol. The fourth-order valence-corrected chi connectivity index (χ4v) is 2.48. The zero-order valence-electron chi connectivity index (χ0n) is 10.2. The minimum Gasteiger partial charge on any atom is -0.384 e. The predicted molar refractivity (Wildman–Crippen MR) is 76.7 cm³/mol. The van der Waals surface area contributed by atoms with Crippen molar-refractivity contribution >= 4 is 21.6 Å². The maximum absolute atomic E-state index is 8.84. The molecule has 1 aromatic rings. The van der Waals surface area contributed by atoms with E-state index in [0.717, 1.165) is 49.4 Å². The Balaban J connectivity index is 1.79. The Morgan fingerprint density at radius 3 is 2.83 bits per heavy atom. The van der Waals surface area contributed by atoms with Crippen molar-refractivity contribution in [2.24, 2.45) is 0 Å². The molecule has 0 radical (unpaired) electrons. The predicted octanol–water partition coefficient (Wildman–Crippen LogP) is 1.64. The molecule has 0 atom stereocenters. The third-order valence-corrected chi connectivity index (χ3v) is 3.71. The molecule has 0 aliphatic carbocycles. The van der Waals surface area contributed by atoms with E-state index in [1.54, 1.807) is 0 Å². The van der Waals surface area contributed by atoms with Crippen LogP contribution >= 0.6 is 15.9 Å². The van der Waals surface area contributed by atoms with Crippen LogP contribution in [0, 0.1) is 11.3 Å². The molecule has 4 nitrogen and oxygen atoms in total. The summed E-state index contributed by atoms with van der Waals surface area (Å²) >= 11 is 3.39. The van der Waals surface area contributed by atoms with Crippen LogP contribution in [0.25, 0.3) is 0 Å². The Labute approximate surface area is 116 Å². The lowest BCUT2D eigenvalue weighted by molar-refractivity contribution is 0.249. The molecule has 1 saturated heterocycles. The molecule has 18 heavy (non-hydrogen) atoms. The van der Waals surface area contributed by atoms with Gasteiger partial charge in [-0.15, -0.1) is 0 Å². The molecule has 0 amide bonds. The fourth-order valence-electron chi connectivity index (χ4n) is 2.01. The molecule has 1 fully saturated rings. The van der Waals surface area contributed by atoms with Crippen molar-refractivity contribution in [3.8, 4) is 6.07 Å². The smallest absolute Gasteiger partial charge is 0.100 e. The Morgan fingerprint density at radius 1 is 1.39 bits per heavy atom. The first kappa shape index (κ1) is 13.3. The Morgan fingerprint density at radius 2 is 2.17 bits per heavy atom. The first-order valence-corrected chi connectivity index (χ1v) is 6.95. The van der Waals surface area contributed by atoms with Gasteiger partial charge in [-0.25, -0.2) is 0 Å². The quantitative estimate of drug-likeness (QED) is 0.888. The molecule has 2 rings (SSSR count). The minimum absolute atomic E-state index is 0.669. The number of piperazine rings is 1. The molecule has 2 N–H and O–H groups in total. The highest BCUT2D eigenvalue weighted by atomic mass is 79.9. The van der Waals surface area contributed by atoms with E-state index in [-0.39, 0.29) is 0 Å². The largest absolute Gasteiger partial charge is 0.384 e. The van der Waals surface area contributed by atoms with Crippen molar-refractivity contribution in [3.05, 3.63) is 28.2 Å². The van der Waals surface area contributed by atoms with Crippen molar-refractivity contribution in [1.29, 1.82) is 5.26 Å². The highest BCUT2D eigenvalue weighted by Crippen LogP contribution is 2.20. The number of nitrogens with one attached hydrogen (secondary N) is 2. The molecule has 5 heteroatoms. The number of halogens is 1. The first-order chi connectivity index (χ1) is 8.79. The lowest BCUT2D eigenvalue weighted by Gasteiger charge is -2.27. The van der Waals surface area contributed by atoms with Gasteiger partial charge in [0.25, 0.3) is 0 Å². The highest BCUT2D eigenvalue weighted by molar-refractivity contribution is 9.10. The van der Waals surface area contributed by atoms with Gasteiger partial charge in [-0.05, 0) is 34.1 Å². The summed E-state index contributed by atoms with van der Waals surface area (Å²) in [6.45, 7) is 6.40. The number of rotatable bonds is 4. The van der Waals surface area contributed by atoms with E-state index < -0.39 is 0 Å². The number of nitriles is 1. The number of anilines is 1. The molecule has 1 aliphatic rings. The SMILES string of the molecule is N#Cc1ccc(NCCN2CCNCC2)cc1Br. The van der Waals surface area contributed by atoms with Gasteiger partial charge in [0.15, 0.2) is 0 Å². The maximum Gasteiger partial charge on any atom is 0.100 e. The first-order valence-electron chi connectivity index (χ1n) is 6.16. The van der Waals surface area contributed by atoms with Crippen LogP contribution in [-0.4, -0.2) is 44.2 Å². The third-order valence-electron chi connectivity index (χ3n) is 3.06. The van der Waals surface area contributed by atoms with Crippen LogP contribution in [0.4, 0.5) is 5.69 Å². The van der Waals surface area contributed by atoms with Crippen molar-refractivity contribution in [2.75, 3.05) is 44.6 Å². The van der Waals surface area contributed by atoms with Crippen LogP contribution in [0.3, 0.4) is 0 Å². The van der Waals surface area contributed by atoms with Crippen LogP contribution in [0.1, 0.15) is 5.56 Å². The number of hydrogen-bond donors (Lipinski definition) is 2. The molecule has 0 aromatic heterocycles. The molecular formula is C13H17BrN4. The van der Waals surface area contributed by atoms with Gasteiger partial charge in [0.1, 0.15) is 6.07 Å². The fraction of sp³-hybridized carbons (Fsp3) is 0.462. The molecule has 0 bridgehead atoms. The van der Waals surface area contributed by atoms with Gasteiger partial charge in [0.2, 0.25) is 0 Å². The van der Waals surface area contributed by atoms with E-state index in [0.29, 0.717) is 5.56 Å². The van der Waals surface area contributed by atoms with Gasteiger partial charge in [-0.1, -0.05) is 0 Å². The second kappa shape index (κ2) is 6.74. The maximum atomic E-state index is 8.84. The summed E-state index contributed by atoms with van der Waals surface area (Å²) in [6.07, 6.45) is 0. The van der Waals surface area contributed by atoms with E-state index in [2.05, 4.69) is 37.5 Å². The zero-order valence-corrected chi connectivity index (χ0v) is 11.8. The summed E-state index contributed by atoms with van der Waals surface area (Å²) in [5.74, 6) is 0.